The number of rotatable bonds is 5. The molecule has 0 bridgehead atoms. The minimum absolute atomic E-state index is 0.176. The Labute approximate surface area is 123 Å². The van der Waals surface area contributed by atoms with Gasteiger partial charge in [-0.1, -0.05) is 6.92 Å². The zero-order valence-corrected chi connectivity index (χ0v) is 12.3. The van der Waals surface area contributed by atoms with Gasteiger partial charge in [0.15, 0.2) is 0 Å². The van der Waals surface area contributed by atoms with Gasteiger partial charge in [0.05, 0.1) is 11.6 Å². The number of halogens is 3. The fourth-order valence-corrected chi connectivity index (χ4v) is 2.62. The van der Waals surface area contributed by atoms with Gasteiger partial charge in [-0.25, -0.2) is 0 Å². The van der Waals surface area contributed by atoms with Crippen LogP contribution in [0.25, 0.3) is 0 Å². The molecule has 1 aliphatic heterocycles. The summed E-state index contributed by atoms with van der Waals surface area (Å²) in [7, 11) is 0. The quantitative estimate of drug-likeness (QED) is 0.845. The number of anilines is 1. The van der Waals surface area contributed by atoms with E-state index in [2.05, 4.69) is 17.2 Å². The summed E-state index contributed by atoms with van der Waals surface area (Å²) in [6.45, 7) is 4.64. The van der Waals surface area contributed by atoms with E-state index in [1.54, 1.807) is 6.20 Å². The fourth-order valence-electron chi connectivity index (χ4n) is 2.62. The van der Waals surface area contributed by atoms with Crippen molar-refractivity contribution in [3.05, 3.63) is 24.0 Å². The van der Waals surface area contributed by atoms with Crippen molar-refractivity contribution in [3.63, 3.8) is 0 Å². The lowest BCUT2D eigenvalue weighted by atomic mass is 9.96. The highest BCUT2D eigenvalue weighted by atomic mass is 19.4. The Kier molecular flexibility index (Phi) is 5.45. The highest BCUT2D eigenvalue weighted by molar-refractivity contribution is 5.46. The highest BCUT2D eigenvalue weighted by Gasteiger charge is 2.41. The van der Waals surface area contributed by atoms with Gasteiger partial charge in [0, 0.05) is 31.5 Å². The van der Waals surface area contributed by atoms with Crippen molar-refractivity contribution >= 4 is 5.69 Å². The van der Waals surface area contributed by atoms with Gasteiger partial charge in [0.25, 0.3) is 0 Å². The fraction of sp³-hybridized carbons (Fsp3) is 0.667. The molecule has 6 heteroatoms. The topological polar surface area (TPSA) is 28.2 Å². The molecule has 2 rings (SSSR count). The SMILES string of the molecule is CCCNCc1cc(N2CCC(C(F)(F)F)CC2)ccn1. The second-order valence-electron chi connectivity index (χ2n) is 5.49. The smallest absolute Gasteiger partial charge is 0.371 e. The molecule has 0 unspecified atom stereocenters. The lowest BCUT2D eigenvalue weighted by molar-refractivity contribution is -0.179. The number of pyridine rings is 1. The van der Waals surface area contributed by atoms with Crippen molar-refractivity contribution in [2.45, 2.75) is 38.9 Å². The number of hydrogen-bond acceptors (Lipinski definition) is 3. The standard InChI is InChI=1S/C15H22F3N3/c1-2-6-19-11-13-10-14(3-7-20-13)21-8-4-12(5-9-21)15(16,17)18/h3,7,10,12,19H,2,4-6,8-9,11H2,1H3. The maximum absolute atomic E-state index is 12.7. The maximum Gasteiger partial charge on any atom is 0.391 e. The zero-order valence-electron chi connectivity index (χ0n) is 12.3. The molecule has 0 atom stereocenters. The normalized spacial score (nSPS) is 17.2. The molecule has 0 aromatic carbocycles. The Hall–Kier alpha value is -1.30. The molecule has 1 aromatic rings. The van der Waals surface area contributed by atoms with Crippen molar-refractivity contribution in [3.8, 4) is 0 Å². The monoisotopic (exact) mass is 301 g/mol. The van der Waals surface area contributed by atoms with Crippen LogP contribution in [0.2, 0.25) is 0 Å². The Morgan fingerprint density at radius 2 is 2.05 bits per heavy atom. The van der Waals surface area contributed by atoms with Gasteiger partial charge >= 0.3 is 6.18 Å². The van der Waals surface area contributed by atoms with Gasteiger partial charge in [0.2, 0.25) is 0 Å². The molecule has 1 N–H and O–H groups in total. The molecule has 1 saturated heterocycles. The van der Waals surface area contributed by atoms with Crippen LogP contribution in [-0.2, 0) is 6.54 Å². The largest absolute Gasteiger partial charge is 0.391 e. The highest BCUT2D eigenvalue weighted by Crippen LogP contribution is 2.35. The van der Waals surface area contributed by atoms with E-state index >= 15 is 0 Å². The Morgan fingerprint density at radius 1 is 1.33 bits per heavy atom. The third-order valence-electron chi connectivity index (χ3n) is 3.86. The van der Waals surface area contributed by atoms with E-state index in [4.69, 9.17) is 0 Å². The van der Waals surface area contributed by atoms with Crippen LogP contribution in [0.1, 0.15) is 31.9 Å². The van der Waals surface area contributed by atoms with Crippen LogP contribution in [0.4, 0.5) is 18.9 Å². The van der Waals surface area contributed by atoms with E-state index < -0.39 is 12.1 Å². The third-order valence-corrected chi connectivity index (χ3v) is 3.86. The molecule has 0 saturated carbocycles. The van der Waals surface area contributed by atoms with Crippen molar-refractivity contribution in [1.29, 1.82) is 0 Å². The van der Waals surface area contributed by atoms with Gasteiger partial charge in [-0.3, -0.25) is 4.98 Å². The number of alkyl halides is 3. The molecule has 0 spiro atoms. The summed E-state index contributed by atoms with van der Waals surface area (Å²) in [5.74, 6) is -1.15. The first-order chi connectivity index (χ1) is 10.0. The maximum atomic E-state index is 12.7. The molecule has 21 heavy (non-hydrogen) atoms. The number of nitrogens with zero attached hydrogens (tertiary/aromatic N) is 2. The Balaban J connectivity index is 1.92. The van der Waals surface area contributed by atoms with Gasteiger partial charge in [0.1, 0.15) is 0 Å². The lowest BCUT2D eigenvalue weighted by Crippen LogP contribution is -2.39. The van der Waals surface area contributed by atoms with Crippen molar-refractivity contribution in [1.82, 2.24) is 10.3 Å². The number of aromatic nitrogens is 1. The second kappa shape index (κ2) is 7.11. The Morgan fingerprint density at radius 3 is 2.67 bits per heavy atom. The van der Waals surface area contributed by atoms with Crippen LogP contribution in [0, 0.1) is 5.92 Å². The van der Waals surface area contributed by atoms with E-state index in [0.29, 0.717) is 19.6 Å². The number of hydrogen-bond donors (Lipinski definition) is 1. The van der Waals surface area contributed by atoms with Crippen LogP contribution in [-0.4, -0.2) is 30.8 Å². The van der Waals surface area contributed by atoms with Crippen LogP contribution in [0.5, 0.6) is 0 Å². The van der Waals surface area contributed by atoms with Gasteiger partial charge in [-0.05, 0) is 37.9 Å². The lowest BCUT2D eigenvalue weighted by Gasteiger charge is -2.34. The van der Waals surface area contributed by atoms with Gasteiger partial charge in [-0.15, -0.1) is 0 Å². The molecule has 0 radical (unpaired) electrons. The summed E-state index contributed by atoms with van der Waals surface area (Å²) in [5.41, 5.74) is 1.90. The number of piperidine rings is 1. The van der Waals surface area contributed by atoms with E-state index in [-0.39, 0.29) is 12.8 Å². The Bertz CT molecular complexity index is 440. The minimum atomic E-state index is -4.06. The third kappa shape index (κ3) is 4.59. The summed E-state index contributed by atoms with van der Waals surface area (Å²) in [6.07, 6.45) is -0.914. The molecule has 2 heterocycles. The van der Waals surface area contributed by atoms with Gasteiger partial charge in [-0.2, -0.15) is 13.2 Å². The molecular weight excluding hydrogens is 279 g/mol. The van der Waals surface area contributed by atoms with E-state index in [1.165, 1.54) is 0 Å². The van der Waals surface area contributed by atoms with Crippen molar-refractivity contribution < 1.29 is 13.2 Å². The first kappa shape index (κ1) is 16.1. The summed E-state index contributed by atoms with van der Waals surface area (Å²) < 4.78 is 38.0. The van der Waals surface area contributed by atoms with E-state index in [1.807, 2.05) is 17.0 Å². The minimum Gasteiger partial charge on any atom is -0.371 e. The summed E-state index contributed by atoms with van der Waals surface area (Å²) in [5, 5.41) is 3.28. The zero-order chi connectivity index (χ0) is 15.3. The first-order valence-corrected chi connectivity index (χ1v) is 7.48. The molecular formula is C15H22F3N3. The van der Waals surface area contributed by atoms with Crippen molar-refractivity contribution in [2.75, 3.05) is 24.5 Å². The summed E-state index contributed by atoms with van der Waals surface area (Å²) in [6, 6.07) is 3.84. The predicted molar refractivity (Wildman–Crippen MR) is 77.2 cm³/mol. The molecule has 1 fully saturated rings. The van der Waals surface area contributed by atoms with E-state index in [0.717, 1.165) is 24.3 Å². The molecule has 1 aliphatic rings. The van der Waals surface area contributed by atoms with Crippen LogP contribution in [0.15, 0.2) is 18.3 Å². The molecule has 118 valence electrons. The summed E-state index contributed by atoms with van der Waals surface area (Å²) >= 11 is 0. The van der Waals surface area contributed by atoms with Crippen molar-refractivity contribution in [2.24, 2.45) is 5.92 Å². The van der Waals surface area contributed by atoms with Crippen LogP contribution in [0.3, 0.4) is 0 Å². The first-order valence-electron chi connectivity index (χ1n) is 7.48. The average Bonchev–Trinajstić information content (AvgIpc) is 2.47. The molecule has 1 aromatic heterocycles. The van der Waals surface area contributed by atoms with Gasteiger partial charge < -0.3 is 10.2 Å². The average molecular weight is 301 g/mol. The molecule has 0 aliphatic carbocycles. The molecule has 3 nitrogen and oxygen atoms in total. The van der Waals surface area contributed by atoms with Crippen LogP contribution < -0.4 is 10.2 Å². The predicted octanol–water partition coefficient (Wildman–Crippen LogP) is 3.36. The summed E-state index contributed by atoms with van der Waals surface area (Å²) in [4.78, 5) is 6.31. The number of nitrogens with one attached hydrogen (secondary N) is 1. The second-order valence-corrected chi connectivity index (χ2v) is 5.49. The van der Waals surface area contributed by atoms with E-state index in [9.17, 15) is 13.2 Å². The van der Waals surface area contributed by atoms with Crippen LogP contribution >= 0.6 is 0 Å². The molecule has 0 amide bonds.